The standard InChI is InChI=1S/C12H12BrN3O3/c1-7-5-8(3-4-9(7)13)16-10(6-19-2)11(12(17)18)14-15-16/h3-5H,6H2,1-2H3,(H,17,18). The van der Waals surface area contributed by atoms with Crippen LogP contribution in [0.3, 0.4) is 0 Å². The van der Waals surface area contributed by atoms with Gasteiger partial charge in [0.05, 0.1) is 12.3 Å². The van der Waals surface area contributed by atoms with E-state index in [1.54, 1.807) is 0 Å². The predicted octanol–water partition coefficient (Wildman–Crippen LogP) is 2.18. The molecule has 2 aromatic rings. The molecule has 7 heteroatoms. The van der Waals surface area contributed by atoms with Crippen LogP contribution in [-0.2, 0) is 11.3 Å². The van der Waals surface area contributed by atoms with E-state index in [0.29, 0.717) is 5.69 Å². The lowest BCUT2D eigenvalue weighted by atomic mass is 10.2. The molecule has 1 aromatic carbocycles. The van der Waals surface area contributed by atoms with E-state index in [0.717, 1.165) is 15.7 Å². The zero-order valence-electron chi connectivity index (χ0n) is 10.4. The first-order valence-corrected chi connectivity index (χ1v) is 6.27. The molecule has 0 fully saturated rings. The maximum absolute atomic E-state index is 11.1. The highest BCUT2D eigenvalue weighted by Crippen LogP contribution is 2.21. The molecule has 1 N–H and O–H groups in total. The Labute approximate surface area is 118 Å². The fourth-order valence-electron chi connectivity index (χ4n) is 1.70. The van der Waals surface area contributed by atoms with E-state index in [1.807, 2.05) is 25.1 Å². The van der Waals surface area contributed by atoms with E-state index in [4.69, 9.17) is 9.84 Å². The minimum Gasteiger partial charge on any atom is -0.476 e. The monoisotopic (exact) mass is 325 g/mol. The van der Waals surface area contributed by atoms with Gasteiger partial charge < -0.3 is 9.84 Å². The van der Waals surface area contributed by atoms with Gasteiger partial charge in [-0.05, 0) is 30.7 Å². The number of hydrogen-bond acceptors (Lipinski definition) is 4. The lowest BCUT2D eigenvalue weighted by Gasteiger charge is -2.07. The second kappa shape index (κ2) is 5.50. The third kappa shape index (κ3) is 2.66. The number of benzene rings is 1. The third-order valence-corrected chi connectivity index (χ3v) is 3.52. The van der Waals surface area contributed by atoms with Crippen molar-refractivity contribution in [3.63, 3.8) is 0 Å². The number of hydrogen-bond donors (Lipinski definition) is 1. The number of halogens is 1. The van der Waals surface area contributed by atoms with Gasteiger partial charge in [-0.25, -0.2) is 9.48 Å². The quantitative estimate of drug-likeness (QED) is 0.932. The maximum atomic E-state index is 11.1. The molecule has 0 aliphatic rings. The number of methoxy groups -OCH3 is 1. The largest absolute Gasteiger partial charge is 0.476 e. The van der Waals surface area contributed by atoms with Gasteiger partial charge in [0.25, 0.3) is 0 Å². The average molecular weight is 326 g/mol. The molecular formula is C12H12BrN3O3. The smallest absolute Gasteiger partial charge is 0.358 e. The number of ether oxygens (including phenoxy) is 1. The summed E-state index contributed by atoms with van der Waals surface area (Å²) >= 11 is 3.42. The van der Waals surface area contributed by atoms with Crippen LogP contribution in [0.1, 0.15) is 21.7 Å². The summed E-state index contributed by atoms with van der Waals surface area (Å²) in [5, 5.41) is 16.6. The van der Waals surface area contributed by atoms with Gasteiger partial charge in [-0.2, -0.15) is 0 Å². The summed E-state index contributed by atoms with van der Waals surface area (Å²) < 4.78 is 7.47. The van der Waals surface area contributed by atoms with Crippen LogP contribution in [-0.4, -0.2) is 33.2 Å². The minimum absolute atomic E-state index is 0.0950. The molecular weight excluding hydrogens is 314 g/mol. The van der Waals surface area contributed by atoms with Gasteiger partial charge in [0.15, 0.2) is 5.69 Å². The van der Waals surface area contributed by atoms with E-state index < -0.39 is 5.97 Å². The summed E-state index contributed by atoms with van der Waals surface area (Å²) in [6, 6.07) is 5.60. The topological polar surface area (TPSA) is 77.2 Å². The van der Waals surface area contributed by atoms with E-state index in [9.17, 15) is 4.79 Å². The SMILES string of the molecule is COCc1c(C(=O)O)nnn1-c1ccc(Br)c(C)c1. The Morgan fingerprint density at radius 1 is 1.53 bits per heavy atom. The van der Waals surface area contributed by atoms with Crippen LogP contribution in [0.5, 0.6) is 0 Å². The van der Waals surface area contributed by atoms with Crippen molar-refractivity contribution >= 4 is 21.9 Å². The number of aryl methyl sites for hydroxylation is 1. The van der Waals surface area contributed by atoms with Crippen molar-refractivity contribution in [2.45, 2.75) is 13.5 Å². The zero-order chi connectivity index (χ0) is 14.0. The van der Waals surface area contributed by atoms with Crippen molar-refractivity contribution < 1.29 is 14.6 Å². The summed E-state index contributed by atoms with van der Waals surface area (Å²) in [6.07, 6.45) is 0. The second-order valence-electron chi connectivity index (χ2n) is 3.97. The molecule has 2 rings (SSSR count). The molecule has 1 heterocycles. The Bertz CT molecular complexity index is 625. The molecule has 0 saturated heterocycles. The van der Waals surface area contributed by atoms with Crippen molar-refractivity contribution in [3.05, 3.63) is 39.6 Å². The van der Waals surface area contributed by atoms with Crippen LogP contribution in [0, 0.1) is 6.92 Å². The Hall–Kier alpha value is -1.73. The molecule has 1 aromatic heterocycles. The molecule has 6 nitrogen and oxygen atoms in total. The number of rotatable bonds is 4. The van der Waals surface area contributed by atoms with Crippen LogP contribution in [0.15, 0.2) is 22.7 Å². The number of aromatic nitrogens is 3. The fraction of sp³-hybridized carbons (Fsp3) is 0.250. The van der Waals surface area contributed by atoms with Crippen LogP contribution in [0.25, 0.3) is 5.69 Å². The first-order chi connectivity index (χ1) is 9.04. The number of carboxylic acid groups (broad SMARTS) is 1. The summed E-state index contributed by atoms with van der Waals surface area (Å²) in [7, 11) is 1.50. The van der Waals surface area contributed by atoms with Gasteiger partial charge in [0, 0.05) is 11.6 Å². The summed E-state index contributed by atoms with van der Waals surface area (Å²) in [5.41, 5.74) is 2.08. The molecule has 0 radical (unpaired) electrons. The molecule has 0 amide bonds. The fourth-order valence-corrected chi connectivity index (χ4v) is 1.95. The highest BCUT2D eigenvalue weighted by molar-refractivity contribution is 9.10. The molecule has 19 heavy (non-hydrogen) atoms. The van der Waals surface area contributed by atoms with Crippen molar-refractivity contribution in [3.8, 4) is 5.69 Å². The van der Waals surface area contributed by atoms with Crippen LogP contribution < -0.4 is 0 Å². The number of carbonyl (C=O) groups is 1. The van der Waals surface area contributed by atoms with Gasteiger partial charge in [-0.3, -0.25) is 0 Å². The Kier molecular flexibility index (Phi) is 3.96. The Morgan fingerprint density at radius 2 is 2.26 bits per heavy atom. The van der Waals surface area contributed by atoms with Gasteiger partial charge >= 0.3 is 5.97 Å². The molecule has 100 valence electrons. The van der Waals surface area contributed by atoms with E-state index in [-0.39, 0.29) is 12.3 Å². The van der Waals surface area contributed by atoms with Crippen LogP contribution in [0.4, 0.5) is 0 Å². The molecule has 0 aliphatic heterocycles. The van der Waals surface area contributed by atoms with Crippen molar-refractivity contribution in [1.82, 2.24) is 15.0 Å². The first-order valence-electron chi connectivity index (χ1n) is 5.48. The summed E-state index contributed by atoms with van der Waals surface area (Å²) in [4.78, 5) is 11.1. The summed E-state index contributed by atoms with van der Waals surface area (Å²) in [5.74, 6) is -1.12. The third-order valence-electron chi connectivity index (χ3n) is 2.63. The van der Waals surface area contributed by atoms with Crippen molar-refractivity contribution in [2.75, 3.05) is 7.11 Å². The number of aromatic carboxylic acids is 1. The Balaban J connectivity index is 2.55. The Morgan fingerprint density at radius 3 is 2.84 bits per heavy atom. The molecule has 0 bridgehead atoms. The molecule has 0 unspecified atom stereocenters. The number of nitrogens with zero attached hydrogens (tertiary/aromatic N) is 3. The second-order valence-corrected chi connectivity index (χ2v) is 4.82. The first kappa shape index (κ1) is 13.7. The van der Waals surface area contributed by atoms with Gasteiger partial charge in [-0.1, -0.05) is 21.1 Å². The van der Waals surface area contributed by atoms with E-state index in [2.05, 4.69) is 26.2 Å². The molecule has 0 saturated carbocycles. The highest BCUT2D eigenvalue weighted by atomic mass is 79.9. The van der Waals surface area contributed by atoms with Gasteiger partial charge in [-0.15, -0.1) is 5.10 Å². The van der Waals surface area contributed by atoms with Crippen LogP contribution in [0.2, 0.25) is 0 Å². The lowest BCUT2D eigenvalue weighted by Crippen LogP contribution is -2.08. The zero-order valence-corrected chi connectivity index (χ0v) is 12.0. The average Bonchev–Trinajstić information content (AvgIpc) is 2.77. The molecule has 0 aliphatic carbocycles. The normalized spacial score (nSPS) is 10.7. The van der Waals surface area contributed by atoms with Gasteiger partial charge in [0.2, 0.25) is 0 Å². The summed E-state index contributed by atoms with van der Waals surface area (Å²) in [6.45, 7) is 2.07. The predicted molar refractivity (Wildman–Crippen MR) is 71.5 cm³/mol. The maximum Gasteiger partial charge on any atom is 0.358 e. The molecule has 0 spiro atoms. The van der Waals surface area contributed by atoms with Crippen molar-refractivity contribution in [2.24, 2.45) is 0 Å². The highest BCUT2D eigenvalue weighted by Gasteiger charge is 2.19. The lowest BCUT2D eigenvalue weighted by molar-refractivity contribution is 0.0685. The van der Waals surface area contributed by atoms with E-state index >= 15 is 0 Å². The number of carboxylic acids is 1. The van der Waals surface area contributed by atoms with Crippen LogP contribution >= 0.6 is 15.9 Å². The van der Waals surface area contributed by atoms with Crippen molar-refractivity contribution in [1.29, 1.82) is 0 Å². The minimum atomic E-state index is -1.12. The molecule has 0 atom stereocenters. The van der Waals surface area contributed by atoms with E-state index in [1.165, 1.54) is 11.8 Å². The van der Waals surface area contributed by atoms with Gasteiger partial charge in [0.1, 0.15) is 5.69 Å².